The Morgan fingerprint density at radius 2 is 2.33 bits per heavy atom. The van der Waals surface area contributed by atoms with Crippen LogP contribution in [0, 0.1) is 11.5 Å². The zero-order chi connectivity index (χ0) is 8.55. The van der Waals surface area contributed by atoms with Crippen molar-refractivity contribution < 1.29 is 0 Å². The van der Waals surface area contributed by atoms with Crippen molar-refractivity contribution >= 4 is 16.7 Å². The molecule has 0 aliphatic heterocycles. The van der Waals surface area contributed by atoms with Crippen molar-refractivity contribution in [3.63, 3.8) is 0 Å². The Labute approximate surface area is 68.0 Å². The lowest BCUT2D eigenvalue weighted by Gasteiger charge is -1.90. The molecule has 1 heterocycles. The monoisotopic (exact) mass is 159 g/mol. The van der Waals surface area contributed by atoms with E-state index in [2.05, 4.69) is 10.3 Å². The summed E-state index contributed by atoms with van der Waals surface area (Å²) in [6.45, 7) is 0. The molecule has 2 rings (SSSR count). The highest BCUT2D eigenvalue weighted by Gasteiger charge is 2.02. The molecule has 0 aliphatic rings. The Morgan fingerprint density at radius 3 is 3.08 bits per heavy atom. The molecule has 5 nitrogen and oxygen atoms in total. The number of hydrogen-bond donors (Lipinski definition) is 1. The molecular formula is C7H5N5. The number of nitrogens with zero attached hydrogens (tertiary/aromatic N) is 4. The maximum atomic E-state index is 8.59. The summed E-state index contributed by atoms with van der Waals surface area (Å²) in [7, 11) is 0. The van der Waals surface area contributed by atoms with Gasteiger partial charge in [0.1, 0.15) is 11.0 Å². The summed E-state index contributed by atoms with van der Waals surface area (Å²) in [5.74, 6) is 0. The van der Waals surface area contributed by atoms with Crippen LogP contribution in [0.1, 0.15) is 0 Å². The van der Waals surface area contributed by atoms with E-state index in [9.17, 15) is 0 Å². The SMILES string of the molecule is N#Cn1nnc2ccc(N)cc21. The van der Waals surface area contributed by atoms with Gasteiger partial charge in [0.25, 0.3) is 0 Å². The highest BCUT2D eigenvalue weighted by Crippen LogP contribution is 2.13. The highest BCUT2D eigenvalue weighted by atomic mass is 15.4. The van der Waals surface area contributed by atoms with Crippen LogP contribution < -0.4 is 5.73 Å². The maximum absolute atomic E-state index is 8.59. The minimum Gasteiger partial charge on any atom is -0.399 e. The third kappa shape index (κ3) is 0.787. The Kier molecular flexibility index (Phi) is 1.21. The zero-order valence-electron chi connectivity index (χ0n) is 6.10. The molecule has 5 heteroatoms. The van der Waals surface area contributed by atoms with Crippen LogP contribution in [0.4, 0.5) is 5.69 Å². The molecule has 0 radical (unpaired) electrons. The zero-order valence-corrected chi connectivity index (χ0v) is 6.10. The number of nitrogens with two attached hydrogens (primary N) is 1. The molecule has 2 aromatic rings. The Bertz CT molecular complexity index is 464. The highest BCUT2D eigenvalue weighted by molar-refractivity contribution is 5.78. The number of nitrogen functional groups attached to an aromatic ring is 1. The van der Waals surface area contributed by atoms with E-state index in [0.717, 1.165) is 4.68 Å². The van der Waals surface area contributed by atoms with Crippen molar-refractivity contribution in [3.8, 4) is 6.19 Å². The molecule has 0 spiro atoms. The molecule has 58 valence electrons. The fourth-order valence-corrected chi connectivity index (χ4v) is 1.01. The molecule has 0 fully saturated rings. The molecule has 2 N–H and O–H groups in total. The Hall–Kier alpha value is -2.09. The van der Waals surface area contributed by atoms with Gasteiger partial charge in [0.15, 0.2) is 0 Å². The van der Waals surface area contributed by atoms with E-state index < -0.39 is 0 Å². The molecule has 0 saturated heterocycles. The topological polar surface area (TPSA) is 80.5 Å². The van der Waals surface area contributed by atoms with Crippen molar-refractivity contribution in [2.75, 3.05) is 5.73 Å². The van der Waals surface area contributed by atoms with Crippen LogP contribution in [0.25, 0.3) is 11.0 Å². The molecule has 0 bridgehead atoms. The van der Waals surface area contributed by atoms with Gasteiger partial charge in [-0.3, -0.25) is 0 Å². The first-order valence-electron chi connectivity index (χ1n) is 3.32. The van der Waals surface area contributed by atoms with Gasteiger partial charge in [0.05, 0.1) is 0 Å². The van der Waals surface area contributed by atoms with E-state index in [1.165, 1.54) is 0 Å². The lowest BCUT2D eigenvalue weighted by molar-refractivity contribution is 0.836. The molecule has 0 unspecified atom stereocenters. The van der Waals surface area contributed by atoms with Gasteiger partial charge in [-0.25, -0.2) is 0 Å². The first-order chi connectivity index (χ1) is 5.81. The summed E-state index contributed by atoms with van der Waals surface area (Å²) in [5.41, 5.74) is 7.44. The average Bonchev–Trinajstić information content (AvgIpc) is 2.46. The predicted molar refractivity (Wildman–Crippen MR) is 43.0 cm³/mol. The van der Waals surface area contributed by atoms with Crippen LogP contribution in [0.3, 0.4) is 0 Å². The van der Waals surface area contributed by atoms with E-state index in [1.54, 1.807) is 18.2 Å². The number of hydrogen-bond acceptors (Lipinski definition) is 4. The van der Waals surface area contributed by atoms with Crippen LogP contribution in [-0.4, -0.2) is 15.0 Å². The molecule has 1 aromatic heterocycles. The van der Waals surface area contributed by atoms with Gasteiger partial charge in [-0.1, -0.05) is 5.21 Å². The normalized spacial score (nSPS) is 9.92. The third-order valence-electron chi connectivity index (χ3n) is 1.56. The lowest BCUT2D eigenvalue weighted by atomic mass is 10.3. The van der Waals surface area contributed by atoms with Gasteiger partial charge in [0.2, 0.25) is 6.19 Å². The smallest absolute Gasteiger partial charge is 0.208 e. The lowest BCUT2D eigenvalue weighted by Crippen LogP contribution is -1.90. The second-order valence-electron chi connectivity index (χ2n) is 2.35. The van der Waals surface area contributed by atoms with Crippen LogP contribution in [0.2, 0.25) is 0 Å². The Morgan fingerprint density at radius 1 is 1.50 bits per heavy atom. The number of nitriles is 1. The minimum absolute atomic E-state index is 0.598. The second kappa shape index (κ2) is 2.20. The van der Waals surface area contributed by atoms with Crippen LogP contribution in [0.5, 0.6) is 0 Å². The van der Waals surface area contributed by atoms with Crippen LogP contribution in [0.15, 0.2) is 18.2 Å². The van der Waals surface area contributed by atoms with Gasteiger partial charge >= 0.3 is 0 Å². The van der Waals surface area contributed by atoms with Crippen molar-refractivity contribution in [2.45, 2.75) is 0 Å². The predicted octanol–water partition coefficient (Wildman–Crippen LogP) is 0.343. The number of aromatic nitrogens is 3. The first-order valence-corrected chi connectivity index (χ1v) is 3.32. The molecule has 12 heavy (non-hydrogen) atoms. The average molecular weight is 159 g/mol. The van der Waals surface area contributed by atoms with E-state index in [-0.39, 0.29) is 0 Å². The summed E-state index contributed by atoms with van der Waals surface area (Å²) in [6.07, 6.45) is 1.86. The molecule has 0 atom stereocenters. The number of fused-ring (bicyclic) bond motifs is 1. The standard InChI is InChI=1S/C7H5N5/c8-4-12-7-3-5(9)1-2-6(7)10-11-12/h1-3H,9H2. The van der Waals surface area contributed by atoms with E-state index in [4.69, 9.17) is 11.0 Å². The summed E-state index contributed by atoms with van der Waals surface area (Å²) in [4.78, 5) is 0. The first kappa shape index (κ1) is 6.61. The van der Waals surface area contributed by atoms with E-state index in [0.29, 0.717) is 16.7 Å². The third-order valence-corrected chi connectivity index (χ3v) is 1.56. The fourth-order valence-electron chi connectivity index (χ4n) is 1.01. The molecule has 1 aromatic carbocycles. The van der Waals surface area contributed by atoms with Gasteiger partial charge in [-0.15, -0.1) is 9.78 Å². The van der Waals surface area contributed by atoms with Crippen molar-refractivity contribution in [2.24, 2.45) is 0 Å². The van der Waals surface area contributed by atoms with Crippen molar-refractivity contribution in [1.82, 2.24) is 15.0 Å². The quantitative estimate of drug-likeness (QED) is 0.562. The summed E-state index contributed by atoms with van der Waals surface area (Å²) in [6, 6.07) is 5.11. The van der Waals surface area contributed by atoms with E-state index >= 15 is 0 Å². The number of rotatable bonds is 0. The second-order valence-corrected chi connectivity index (χ2v) is 2.35. The van der Waals surface area contributed by atoms with Gasteiger partial charge in [-0.2, -0.15) is 5.26 Å². The maximum Gasteiger partial charge on any atom is 0.208 e. The van der Waals surface area contributed by atoms with Crippen LogP contribution >= 0.6 is 0 Å². The summed E-state index contributed by atoms with van der Waals surface area (Å²) < 4.78 is 1.13. The molecule has 0 saturated carbocycles. The van der Waals surface area contributed by atoms with Crippen molar-refractivity contribution in [3.05, 3.63) is 18.2 Å². The minimum atomic E-state index is 0.598. The van der Waals surface area contributed by atoms with Gasteiger partial charge < -0.3 is 5.73 Å². The molecule has 0 aliphatic carbocycles. The fraction of sp³-hybridized carbons (Fsp3) is 0. The Balaban J connectivity index is 2.86. The van der Waals surface area contributed by atoms with Gasteiger partial charge in [0, 0.05) is 5.69 Å². The summed E-state index contributed by atoms with van der Waals surface area (Å²) >= 11 is 0. The molecule has 0 amide bonds. The van der Waals surface area contributed by atoms with E-state index in [1.807, 2.05) is 6.19 Å². The van der Waals surface area contributed by atoms with Crippen molar-refractivity contribution in [1.29, 1.82) is 5.26 Å². The largest absolute Gasteiger partial charge is 0.399 e. The van der Waals surface area contributed by atoms with Crippen LogP contribution in [-0.2, 0) is 0 Å². The molecular weight excluding hydrogens is 154 g/mol. The number of benzene rings is 1. The number of anilines is 1. The summed E-state index contributed by atoms with van der Waals surface area (Å²) in [5, 5.41) is 16.0. The van der Waals surface area contributed by atoms with Gasteiger partial charge in [-0.05, 0) is 18.2 Å².